The molecule has 18 heavy (non-hydrogen) atoms. The van der Waals surface area contributed by atoms with Crippen molar-refractivity contribution in [3.05, 3.63) is 29.5 Å². The Bertz CT molecular complexity index is 501. The second-order valence-corrected chi connectivity index (χ2v) is 4.43. The van der Waals surface area contributed by atoms with E-state index in [1.54, 1.807) is 10.8 Å². The number of carboxylic acids is 1. The fraction of sp³-hybridized carbons (Fsp3) is 0.385. The van der Waals surface area contributed by atoms with Crippen LogP contribution in [-0.4, -0.2) is 34.4 Å². The highest BCUT2D eigenvalue weighted by atomic mass is 16.4. The van der Waals surface area contributed by atoms with Crippen molar-refractivity contribution in [2.45, 2.75) is 13.8 Å². The van der Waals surface area contributed by atoms with Gasteiger partial charge in [-0.2, -0.15) is 5.10 Å². The van der Waals surface area contributed by atoms with Gasteiger partial charge in [0.05, 0.1) is 5.69 Å². The van der Waals surface area contributed by atoms with E-state index in [4.69, 9.17) is 5.11 Å². The number of aryl methyl sites for hydroxylation is 2. The smallest absolute Gasteiger partial charge is 0.328 e. The average molecular weight is 249 g/mol. The van der Waals surface area contributed by atoms with Crippen molar-refractivity contribution in [3.8, 4) is 0 Å². The first-order valence-corrected chi connectivity index (χ1v) is 5.63. The van der Waals surface area contributed by atoms with E-state index in [0.29, 0.717) is 6.54 Å². The Kier molecular flexibility index (Phi) is 4.31. The Morgan fingerprint density at radius 2 is 2.22 bits per heavy atom. The summed E-state index contributed by atoms with van der Waals surface area (Å²) < 4.78 is 1.75. The first-order valence-electron chi connectivity index (χ1n) is 5.63. The predicted octanol–water partition coefficient (Wildman–Crippen LogP) is 1.84. The summed E-state index contributed by atoms with van der Waals surface area (Å²) in [6.45, 7) is 8.39. The summed E-state index contributed by atoms with van der Waals surface area (Å²) >= 11 is 0. The maximum Gasteiger partial charge on any atom is 0.328 e. The molecule has 5 nitrogen and oxygen atoms in total. The molecule has 98 valence electrons. The van der Waals surface area contributed by atoms with Crippen LogP contribution in [0.25, 0.3) is 6.08 Å². The second-order valence-electron chi connectivity index (χ2n) is 4.43. The lowest BCUT2D eigenvalue weighted by Crippen LogP contribution is -2.22. The van der Waals surface area contributed by atoms with Crippen LogP contribution in [0.5, 0.6) is 0 Å². The molecule has 1 aromatic rings. The number of nitrogens with zero attached hydrogens (tertiary/aromatic N) is 3. The van der Waals surface area contributed by atoms with Crippen LogP contribution in [0.1, 0.15) is 18.2 Å². The molecule has 0 aliphatic rings. The lowest BCUT2D eigenvalue weighted by Gasteiger charge is -2.20. The van der Waals surface area contributed by atoms with E-state index < -0.39 is 5.97 Å². The molecule has 0 aliphatic carbocycles. The number of carboxylic acid groups (broad SMARTS) is 1. The van der Waals surface area contributed by atoms with Crippen molar-refractivity contribution >= 4 is 17.9 Å². The standard InChI is InChI=1S/C13H19N3O2/c1-9(2)8-15(4)13-11(6-7-12(17)18)10(3)14-16(13)5/h6-7H,1,8H2,2-5H3,(H,17,18)/b7-6+. The second kappa shape index (κ2) is 5.53. The minimum atomic E-state index is -0.966. The third kappa shape index (κ3) is 3.23. The highest BCUT2D eigenvalue weighted by Gasteiger charge is 2.15. The van der Waals surface area contributed by atoms with Crippen molar-refractivity contribution in [3.63, 3.8) is 0 Å². The number of carbonyl (C=O) groups is 1. The van der Waals surface area contributed by atoms with Crippen LogP contribution in [0.3, 0.4) is 0 Å². The average Bonchev–Trinajstić information content (AvgIpc) is 2.49. The minimum absolute atomic E-state index is 0.701. The van der Waals surface area contributed by atoms with Gasteiger partial charge in [-0.25, -0.2) is 4.79 Å². The van der Waals surface area contributed by atoms with Crippen LogP contribution >= 0.6 is 0 Å². The van der Waals surface area contributed by atoms with E-state index >= 15 is 0 Å². The molecule has 0 bridgehead atoms. The first-order chi connectivity index (χ1) is 8.32. The Balaban J connectivity index is 3.17. The van der Waals surface area contributed by atoms with Crippen molar-refractivity contribution in [1.29, 1.82) is 0 Å². The zero-order valence-electron chi connectivity index (χ0n) is 11.3. The maximum atomic E-state index is 10.6. The Hall–Kier alpha value is -2.04. The fourth-order valence-corrected chi connectivity index (χ4v) is 1.94. The van der Waals surface area contributed by atoms with Gasteiger partial charge in [0.25, 0.3) is 0 Å². The molecule has 0 unspecified atom stereocenters. The number of hydrogen-bond acceptors (Lipinski definition) is 3. The van der Waals surface area contributed by atoms with Crippen molar-refractivity contribution in [2.24, 2.45) is 7.05 Å². The molecule has 0 atom stereocenters. The molecule has 0 radical (unpaired) electrons. The summed E-state index contributed by atoms with van der Waals surface area (Å²) in [6.07, 6.45) is 2.71. The molecule has 0 aliphatic heterocycles. The number of likely N-dealkylation sites (N-methyl/N-ethyl adjacent to an activating group) is 1. The fourth-order valence-electron chi connectivity index (χ4n) is 1.94. The molecule has 1 rings (SSSR count). The highest BCUT2D eigenvalue weighted by Crippen LogP contribution is 2.24. The molecule has 1 N–H and O–H groups in total. The normalized spacial score (nSPS) is 10.9. The molecule has 0 saturated carbocycles. The summed E-state index contributed by atoms with van der Waals surface area (Å²) in [7, 11) is 3.78. The van der Waals surface area contributed by atoms with Gasteiger partial charge in [0.15, 0.2) is 0 Å². The molecule has 0 spiro atoms. The van der Waals surface area contributed by atoms with Gasteiger partial charge in [0, 0.05) is 32.3 Å². The summed E-state index contributed by atoms with van der Waals surface area (Å²) in [4.78, 5) is 12.6. The van der Waals surface area contributed by atoms with Gasteiger partial charge in [0.2, 0.25) is 0 Å². The molecule has 1 heterocycles. The monoisotopic (exact) mass is 249 g/mol. The molecule has 1 aromatic heterocycles. The van der Waals surface area contributed by atoms with Gasteiger partial charge >= 0.3 is 5.97 Å². The lowest BCUT2D eigenvalue weighted by molar-refractivity contribution is -0.131. The van der Waals surface area contributed by atoms with Gasteiger partial charge in [0.1, 0.15) is 5.82 Å². The van der Waals surface area contributed by atoms with Crippen LogP contribution in [0, 0.1) is 6.92 Å². The lowest BCUT2D eigenvalue weighted by atomic mass is 10.2. The van der Waals surface area contributed by atoms with Crippen LogP contribution < -0.4 is 4.90 Å². The Morgan fingerprint density at radius 1 is 1.61 bits per heavy atom. The SMILES string of the molecule is C=C(C)CN(C)c1c(/C=C/C(=O)O)c(C)nn1C. The van der Waals surface area contributed by atoms with Crippen LogP contribution in [0.15, 0.2) is 18.2 Å². The van der Waals surface area contributed by atoms with E-state index in [0.717, 1.165) is 28.7 Å². The largest absolute Gasteiger partial charge is 0.478 e. The third-order valence-corrected chi connectivity index (χ3v) is 2.50. The maximum absolute atomic E-state index is 10.6. The van der Waals surface area contributed by atoms with Gasteiger partial charge < -0.3 is 10.0 Å². The first kappa shape index (κ1) is 14.0. The summed E-state index contributed by atoms with van der Waals surface area (Å²) in [5.74, 6) is -0.0836. The topological polar surface area (TPSA) is 58.4 Å². The Morgan fingerprint density at radius 3 is 2.72 bits per heavy atom. The summed E-state index contributed by atoms with van der Waals surface area (Å²) in [5.41, 5.74) is 2.66. The van der Waals surface area contributed by atoms with E-state index in [1.807, 2.05) is 32.8 Å². The number of aliphatic carboxylic acids is 1. The molecule has 0 fully saturated rings. The highest BCUT2D eigenvalue weighted by molar-refractivity contribution is 5.87. The molecule has 0 aromatic carbocycles. The molecular formula is C13H19N3O2. The molecular weight excluding hydrogens is 230 g/mol. The number of anilines is 1. The van der Waals surface area contributed by atoms with Crippen molar-refractivity contribution in [2.75, 3.05) is 18.5 Å². The zero-order valence-corrected chi connectivity index (χ0v) is 11.3. The zero-order chi connectivity index (χ0) is 13.9. The predicted molar refractivity (Wildman–Crippen MR) is 72.7 cm³/mol. The van der Waals surface area contributed by atoms with E-state index in [-0.39, 0.29) is 0 Å². The van der Waals surface area contributed by atoms with Crippen molar-refractivity contribution < 1.29 is 9.90 Å². The number of rotatable bonds is 5. The minimum Gasteiger partial charge on any atom is -0.478 e. The number of hydrogen-bond donors (Lipinski definition) is 1. The molecule has 0 saturated heterocycles. The van der Waals surface area contributed by atoms with Crippen LogP contribution in [0.2, 0.25) is 0 Å². The van der Waals surface area contributed by atoms with Gasteiger partial charge in [-0.15, -0.1) is 0 Å². The van der Waals surface area contributed by atoms with E-state index in [9.17, 15) is 4.79 Å². The van der Waals surface area contributed by atoms with E-state index in [1.165, 1.54) is 0 Å². The molecule has 0 amide bonds. The quantitative estimate of drug-likeness (QED) is 0.639. The van der Waals surface area contributed by atoms with Crippen molar-refractivity contribution in [1.82, 2.24) is 9.78 Å². The Labute approximate surface area is 107 Å². The molecule has 5 heteroatoms. The third-order valence-electron chi connectivity index (χ3n) is 2.50. The van der Waals surface area contributed by atoms with E-state index in [2.05, 4.69) is 11.7 Å². The van der Waals surface area contributed by atoms with Gasteiger partial charge in [-0.1, -0.05) is 12.2 Å². The number of aromatic nitrogens is 2. The van der Waals surface area contributed by atoms with Gasteiger partial charge in [-0.3, -0.25) is 4.68 Å². The summed E-state index contributed by atoms with van der Waals surface area (Å²) in [6, 6.07) is 0. The summed E-state index contributed by atoms with van der Waals surface area (Å²) in [5, 5.41) is 13.0. The van der Waals surface area contributed by atoms with Gasteiger partial charge in [-0.05, 0) is 19.9 Å². The van der Waals surface area contributed by atoms with Crippen LogP contribution in [0.4, 0.5) is 5.82 Å². The van der Waals surface area contributed by atoms with Crippen LogP contribution in [-0.2, 0) is 11.8 Å².